The zero-order chi connectivity index (χ0) is 14.2. The van der Waals surface area contributed by atoms with Crippen LogP contribution in [0.1, 0.15) is 13.8 Å². The van der Waals surface area contributed by atoms with Crippen LogP contribution in [0.25, 0.3) is 0 Å². The molecule has 1 saturated carbocycles. The van der Waals surface area contributed by atoms with Crippen LogP contribution in [0.15, 0.2) is 29.2 Å². The van der Waals surface area contributed by atoms with E-state index in [0.29, 0.717) is 5.69 Å². The van der Waals surface area contributed by atoms with E-state index in [1.165, 1.54) is 0 Å². The molecule has 2 N–H and O–H groups in total. The zero-order valence-electron chi connectivity index (χ0n) is 11.1. The lowest BCUT2D eigenvalue weighted by Gasteiger charge is -2.06. The molecule has 102 valence electrons. The number of carbonyl (C=O) groups excluding carboxylic acids is 1. The van der Waals surface area contributed by atoms with Gasteiger partial charge in [0.05, 0.1) is 11.8 Å². The molecular weight excluding hydrogens is 262 g/mol. The Balaban J connectivity index is 2.04. The van der Waals surface area contributed by atoms with Crippen molar-refractivity contribution in [3.8, 4) is 0 Å². The summed E-state index contributed by atoms with van der Waals surface area (Å²) in [5.74, 6) is -2.15. The van der Waals surface area contributed by atoms with Gasteiger partial charge >= 0.3 is 5.97 Å². The van der Waals surface area contributed by atoms with Crippen molar-refractivity contribution in [2.45, 2.75) is 18.7 Å². The molecule has 4 nitrogen and oxygen atoms in total. The average molecular weight is 279 g/mol. The molecule has 1 aromatic rings. The molecule has 1 amide bonds. The number of rotatable bonds is 4. The van der Waals surface area contributed by atoms with Gasteiger partial charge in [0.15, 0.2) is 0 Å². The molecule has 5 heteroatoms. The molecule has 0 spiro atoms. The number of hydrogen-bond donors (Lipinski definition) is 2. The van der Waals surface area contributed by atoms with Crippen LogP contribution >= 0.6 is 11.8 Å². The summed E-state index contributed by atoms with van der Waals surface area (Å²) in [7, 11) is 0. The van der Waals surface area contributed by atoms with Gasteiger partial charge in [-0.05, 0) is 35.9 Å². The Morgan fingerprint density at radius 2 is 1.79 bits per heavy atom. The van der Waals surface area contributed by atoms with Gasteiger partial charge in [-0.15, -0.1) is 11.8 Å². The van der Waals surface area contributed by atoms with Gasteiger partial charge in [0.2, 0.25) is 5.91 Å². The SMILES string of the molecule is CSc1ccc(NC(=O)[C@H]2[C@@H](C(=O)O)C2(C)C)cc1. The van der Waals surface area contributed by atoms with Gasteiger partial charge in [0.1, 0.15) is 0 Å². The maximum absolute atomic E-state index is 12.1. The third kappa shape index (κ3) is 2.61. The first-order chi connectivity index (χ1) is 8.87. The highest BCUT2D eigenvalue weighted by Gasteiger charge is 2.65. The monoisotopic (exact) mass is 279 g/mol. The normalized spacial score (nSPS) is 23.7. The molecule has 19 heavy (non-hydrogen) atoms. The van der Waals surface area contributed by atoms with Crippen molar-refractivity contribution in [1.29, 1.82) is 0 Å². The van der Waals surface area contributed by atoms with Crippen molar-refractivity contribution < 1.29 is 14.7 Å². The third-order valence-corrected chi connectivity index (χ3v) is 4.48. The summed E-state index contributed by atoms with van der Waals surface area (Å²) >= 11 is 1.63. The second kappa shape index (κ2) is 4.89. The molecule has 1 fully saturated rings. The van der Waals surface area contributed by atoms with Gasteiger partial charge in [-0.25, -0.2) is 0 Å². The van der Waals surface area contributed by atoms with E-state index in [1.54, 1.807) is 11.8 Å². The van der Waals surface area contributed by atoms with Crippen LogP contribution < -0.4 is 5.32 Å². The van der Waals surface area contributed by atoms with Gasteiger partial charge in [-0.2, -0.15) is 0 Å². The minimum atomic E-state index is -0.900. The fraction of sp³-hybridized carbons (Fsp3) is 0.429. The van der Waals surface area contributed by atoms with Crippen LogP contribution in [-0.4, -0.2) is 23.2 Å². The summed E-state index contributed by atoms with van der Waals surface area (Å²) in [5, 5.41) is 11.8. The summed E-state index contributed by atoms with van der Waals surface area (Å²) in [6.45, 7) is 3.62. The number of carboxylic acids is 1. The van der Waals surface area contributed by atoms with Crippen LogP contribution in [0, 0.1) is 17.3 Å². The number of carbonyl (C=O) groups is 2. The van der Waals surface area contributed by atoms with E-state index >= 15 is 0 Å². The summed E-state index contributed by atoms with van der Waals surface area (Å²) in [4.78, 5) is 24.2. The number of anilines is 1. The third-order valence-electron chi connectivity index (χ3n) is 3.73. The Hall–Kier alpha value is -1.49. The number of carboxylic acid groups (broad SMARTS) is 1. The van der Waals surface area contributed by atoms with Crippen LogP contribution in [-0.2, 0) is 9.59 Å². The summed E-state index contributed by atoms with van der Waals surface area (Å²) in [6, 6.07) is 7.50. The lowest BCUT2D eigenvalue weighted by Crippen LogP contribution is -2.17. The van der Waals surface area contributed by atoms with Crippen molar-refractivity contribution in [3.63, 3.8) is 0 Å². The lowest BCUT2D eigenvalue weighted by molar-refractivity contribution is -0.140. The zero-order valence-corrected chi connectivity index (χ0v) is 12.0. The Kier molecular flexibility index (Phi) is 3.58. The Labute approximate surface area is 116 Å². The number of nitrogens with one attached hydrogen (secondary N) is 1. The summed E-state index contributed by atoms with van der Waals surface area (Å²) in [6.07, 6.45) is 1.98. The maximum atomic E-state index is 12.1. The van der Waals surface area contributed by atoms with Crippen LogP contribution in [0.3, 0.4) is 0 Å². The number of thioether (sulfide) groups is 1. The standard InChI is InChI=1S/C14H17NO3S/c1-14(2)10(11(14)13(17)18)12(16)15-8-4-6-9(19-3)7-5-8/h4-7,10-11H,1-3H3,(H,15,16)(H,17,18)/t10-,11+/m1/s1. The molecule has 1 aliphatic carbocycles. The fourth-order valence-corrected chi connectivity index (χ4v) is 2.89. The van der Waals surface area contributed by atoms with Crippen molar-refractivity contribution in [1.82, 2.24) is 0 Å². The van der Waals surface area contributed by atoms with Gasteiger partial charge < -0.3 is 10.4 Å². The van der Waals surface area contributed by atoms with Crippen LogP contribution in [0.2, 0.25) is 0 Å². The molecule has 0 heterocycles. The second-order valence-electron chi connectivity index (χ2n) is 5.33. The first-order valence-corrected chi connectivity index (χ1v) is 7.28. The van der Waals surface area contributed by atoms with E-state index in [1.807, 2.05) is 44.4 Å². The largest absolute Gasteiger partial charge is 0.481 e. The highest BCUT2D eigenvalue weighted by Crippen LogP contribution is 2.58. The number of aliphatic carboxylic acids is 1. The molecule has 0 saturated heterocycles. The van der Waals surface area contributed by atoms with Crippen LogP contribution in [0.5, 0.6) is 0 Å². The van der Waals surface area contributed by atoms with E-state index in [4.69, 9.17) is 5.11 Å². The first-order valence-electron chi connectivity index (χ1n) is 6.05. The summed E-state index contributed by atoms with van der Waals surface area (Å²) in [5.41, 5.74) is 0.240. The molecule has 0 aromatic heterocycles. The number of benzene rings is 1. The first kappa shape index (κ1) is 13.9. The highest BCUT2D eigenvalue weighted by molar-refractivity contribution is 7.98. The quantitative estimate of drug-likeness (QED) is 0.832. The molecule has 1 aromatic carbocycles. The predicted molar refractivity (Wildman–Crippen MR) is 75.2 cm³/mol. The van der Waals surface area contributed by atoms with Crippen molar-refractivity contribution in [2.75, 3.05) is 11.6 Å². The Morgan fingerprint density at radius 1 is 1.21 bits per heavy atom. The van der Waals surface area contributed by atoms with E-state index in [0.717, 1.165) is 4.90 Å². The van der Waals surface area contributed by atoms with Gasteiger partial charge in [0.25, 0.3) is 0 Å². The molecule has 0 radical (unpaired) electrons. The van der Waals surface area contributed by atoms with Gasteiger partial charge in [-0.1, -0.05) is 13.8 Å². The minimum absolute atomic E-state index is 0.214. The molecule has 0 unspecified atom stereocenters. The summed E-state index contributed by atoms with van der Waals surface area (Å²) < 4.78 is 0. The molecule has 0 aliphatic heterocycles. The smallest absolute Gasteiger partial charge is 0.307 e. The van der Waals surface area contributed by atoms with Crippen molar-refractivity contribution >= 4 is 29.3 Å². The van der Waals surface area contributed by atoms with Crippen molar-refractivity contribution in [3.05, 3.63) is 24.3 Å². The molecular formula is C14H17NO3S. The molecule has 0 bridgehead atoms. The molecule has 1 aliphatic rings. The average Bonchev–Trinajstić information content (AvgIpc) is 2.93. The maximum Gasteiger partial charge on any atom is 0.307 e. The van der Waals surface area contributed by atoms with Gasteiger partial charge in [0, 0.05) is 10.6 Å². The predicted octanol–water partition coefficient (Wildman–Crippen LogP) is 2.70. The molecule has 2 rings (SSSR count). The molecule has 2 atom stereocenters. The lowest BCUT2D eigenvalue weighted by atomic mass is 10.1. The van der Waals surface area contributed by atoms with Crippen molar-refractivity contribution in [2.24, 2.45) is 17.3 Å². The van der Waals surface area contributed by atoms with Gasteiger partial charge in [-0.3, -0.25) is 9.59 Å². The van der Waals surface area contributed by atoms with E-state index < -0.39 is 23.2 Å². The Bertz CT molecular complexity index is 510. The van der Waals surface area contributed by atoms with E-state index in [2.05, 4.69) is 5.32 Å². The van der Waals surface area contributed by atoms with E-state index in [-0.39, 0.29) is 5.91 Å². The van der Waals surface area contributed by atoms with Crippen LogP contribution in [0.4, 0.5) is 5.69 Å². The Morgan fingerprint density at radius 3 is 2.21 bits per heavy atom. The topological polar surface area (TPSA) is 66.4 Å². The number of amides is 1. The fourth-order valence-electron chi connectivity index (χ4n) is 2.48. The highest BCUT2D eigenvalue weighted by atomic mass is 32.2. The number of hydrogen-bond acceptors (Lipinski definition) is 3. The second-order valence-corrected chi connectivity index (χ2v) is 6.21. The minimum Gasteiger partial charge on any atom is -0.481 e. The van der Waals surface area contributed by atoms with E-state index in [9.17, 15) is 9.59 Å².